The van der Waals surface area contributed by atoms with E-state index in [-0.39, 0.29) is 17.7 Å². The van der Waals surface area contributed by atoms with Crippen LogP contribution < -0.4 is 11.1 Å². The summed E-state index contributed by atoms with van der Waals surface area (Å²) in [7, 11) is 0. The molecule has 0 amide bonds. The first-order valence-corrected chi connectivity index (χ1v) is 4.78. The quantitative estimate of drug-likeness (QED) is 0.389. The third kappa shape index (κ3) is 3.42. The van der Waals surface area contributed by atoms with Crippen molar-refractivity contribution in [2.75, 3.05) is 6.54 Å². The van der Waals surface area contributed by atoms with Crippen LogP contribution in [0.4, 0.5) is 0 Å². The van der Waals surface area contributed by atoms with E-state index in [9.17, 15) is 4.79 Å². The molecule has 4 nitrogen and oxygen atoms in total. The molecule has 4 N–H and O–H groups in total. The molecule has 0 radical (unpaired) electrons. The van der Waals surface area contributed by atoms with Crippen LogP contribution in [-0.2, 0) is 0 Å². The van der Waals surface area contributed by atoms with Gasteiger partial charge in [-0.05, 0) is 0 Å². The van der Waals surface area contributed by atoms with Crippen LogP contribution in [0.1, 0.15) is 17.3 Å². The molecule has 0 saturated carbocycles. The number of nitrogens with one attached hydrogen (secondary N) is 2. The lowest BCUT2D eigenvalue weighted by molar-refractivity contribution is 0.0931. The highest BCUT2D eigenvalue weighted by molar-refractivity contribution is 5.97. The van der Waals surface area contributed by atoms with Crippen LogP contribution in [0.15, 0.2) is 30.3 Å². The second kappa shape index (κ2) is 5.14. The van der Waals surface area contributed by atoms with Crippen molar-refractivity contribution in [1.82, 2.24) is 5.32 Å². The van der Waals surface area contributed by atoms with Gasteiger partial charge in [-0.2, -0.15) is 0 Å². The van der Waals surface area contributed by atoms with Crippen molar-refractivity contribution in [3.63, 3.8) is 0 Å². The van der Waals surface area contributed by atoms with E-state index in [0.717, 1.165) is 0 Å². The fourth-order valence-electron chi connectivity index (χ4n) is 1.24. The summed E-state index contributed by atoms with van der Waals surface area (Å²) in [6.07, 6.45) is 0. The normalized spacial score (nSPS) is 11.8. The van der Waals surface area contributed by atoms with Gasteiger partial charge in [0, 0.05) is 18.0 Å². The van der Waals surface area contributed by atoms with Crippen LogP contribution in [0.5, 0.6) is 0 Å². The number of ketones is 1. The minimum atomic E-state index is -0.184. The van der Waals surface area contributed by atoms with E-state index in [1.54, 1.807) is 12.1 Å². The third-order valence-corrected chi connectivity index (χ3v) is 2.10. The Hall–Kier alpha value is -1.84. The molecule has 0 aliphatic rings. The molecular formula is C11H15N3O. The predicted molar refractivity (Wildman–Crippen MR) is 59.9 cm³/mol. The first-order valence-electron chi connectivity index (χ1n) is 4.78. The highest BCUT2D eigenvalue weighted by Gasteiger charge is 2.14. The summed E-state index contributed by atoms with van der Waals surface area (Å²) in [5, 5.41) is 9.62. The van der Waals surface area contributed by atoms with Gasteiger partial charge in [-0.25, -0.2) is 0 Å². The van der Waals surface area contributed by atoms with E-state index in [1.165, 1.54) is 0 Å². The molecule has 0 saturated heterocycles. The maximum absolute atomic E-state index is 11.8. The largest absolute Gasteiger partial charge is 0.370 e. The molecule has 4 heteroatoms. The van der Waals surface area contributed by atoms with Gasteiger partial charge in [-0.15, -0.1) is 0 Å². The Labute approximate surface area is 89.0 Å². The molecule has 0 fully saturated rings. The molecule has 1 aromatic rings. The van der Waals surface area contributed by atoms with Crippen molar-refractivity contribution in [2.45, 2.75) is 6.92 Å². The Morgan fingerprint density at radius 1 is 1.47 bits per heavy atom. The molecular weight excluding hydrogens is 190 g/mol. The SMILES string of the molecule is CC(CNC(=N)N)C(=O)c1ccccc1. The zero-order valence-electron chi connectivity index (χ0n) is 8.66. The van der Waals surface area contributed by atoms with Gasteiger partial charge < -0.3 is 11.1 Å². The highest BCUT2D eigenvalue weighted by atomic mass is 16.1. The van der Waals surface area contributed by atoms with Gasteiger partial charge in [0.25, 0.3) is 0 Å². The lowest BCUT2D eigenvalue weighted by Crippen LogP contribution is -2.35. The fraction of sp³-hybridized carbons (Fsp3) is 0.273. The second-order valence-corrected chi connectivity index (χ2v) is 3.43. The zero-order chi connectivity index (χ0) is 11.3. The van der Waals surface area contributed by atoms with Crippen molar-refractivity contribution < 1.29 is 4.79 Å². The number of carbonyl (C=O) groups excluding carboxylic acids is 1. The smallest absolute Gasteiger partial charge is 0.185 e. The van der Waals surface area contributed by atoms with Gasteiger partial charge in [0.05, 0.1) is 0 Å². The fourth-order valence-corrected chi connectivity index (χ4v) is 1.24. The van der Waals surface area contributed by atoms with Gasteiger partial charge in [0.1, 0.15) is 0 Å². The second-order valence-electron chi connectivity index (χ2n) is 3.43. The maximum Gasteiger partial charge on any atom is 0.185 e. The molecule has 0 aliphatic carbocycles. The van der Waals surface area contributed by atoms with Crippen molar-refractivity contribution >= 4 is 11.7 Å². The van der Waals surface area contributed by atoms with Crippen LogP contribution in [0.2, 0.25) is 0 Å². The standard InChI is InChI=1S/C11H15N3O/c1-8(7-14-11(12)13)10(15)9-5-3-2-4-6-9/h2-6,8H,7H2,1H3,(H4,12,13,14). The van der Waals surface area contributed by atoms with Crippen LogP contribution in [0.25, 0.3) is 0 Å². The Morgan fingerprint density at radius 3 is 2.60 bits per heavy atom. The summed E-state index contributed by atoms with van der Waals surface area (Å²) >= 11 is 0. The topological polar surface area (TPSA) is 79.0 Å². The molecule has 1 unspecified atom stereocenters. The number of benzene rings is 1. The van der Waals surface area contributed by atoms with E-state index in [2.05, 4.69) is 5.32 Å². The molecule has 1 aromatic carbocycles. The minimum absolute atomic E-state index is 0.0596. The Balaban J connectivity index is 2.57. The first kappa shape index (κ1) is 11.2. The Bertz CT molecular complexity index is 348. The molecule has 0 spiro atoms. The number of nitrogens with two attached hydrogens (primary N) is 1. The van der Waals surface area contributed by atoms with Gasteiger partial charge >= 0.3 is 0 Å². The molecule has 15 heavy (non-hydrogen) atoms. The van der Waals surface area contributed by atoms with E-state index in [1.807, 2.05) is 25.1 Å². The summed E-state index contributed by atoms with van der Waals surface area (Å²) in [4.78, 5) is 11.8. The summed E-state index contributed by atoms with van der Waals surface area (Å²) in [5.41, 5.74) is 5.83. The summed E-state index contributed by atoms with van der Waals surface area (Å²) < 4.78 is 0. The molecule has 1 rings (SSSR count). The van der Waals surface area contributed by atoms with Crippen molar-refractivity contribution in [3.05, 3.63) is 35.9 Å². The average molecular weight is 205 g/mol. The minimum Gasteiger partial charge on any atom is -0.370 e. The molecule has 0 heterocycles. The van der Waals surface area contributed by atoms with Crippen molar-refractivity contribution in [3.8, 4) is 0 Å². The Kier molecular flexibility index (Phi) is 3.85. The number of guanidine groups is 1. The molecule has 1 atom stereocenters. The third-order valence-electron chi connectivity index (χ3n) is 2.10. The lowest BCUT2D eigenvalue weighted by Gasteiger charge is -2.11. The van der Waals surface area contributed by atoms with Crippen LogP contribution in [0.3, 0.4) is 0 Å². The van der Waals surface area contributed by atoms with Crippen LogP contribution in [-0.4, -0.2) is 18.3 Å². The average Bonchev–Trinajstić information content (AvgIpc) is 2.26. The molecule has 0 aliphatic heterocycles. The summed E-state index contributed by atoms with van der Waals surface area (Å²) in [5.74, 6) is -0.233. The van der Waals surface area contributed by atoms with Gasteiger partial charge in [-0.1, -0.05) is 37.3 Å². The number of Topliss-reactive ketones (excluding diaryl/α,β-unsaturated/α-hetero) is 1. The number of hydrogen-bond donors (Lipinski definition) is 3. The highest BCUT2D eigenvalue weighted by Crippen LogP contribution is 2.07. The van der Waals surface area contributed by atoms with Crippen LogP contribution in [0, 0.1) is 11.3 Å². The maximum atomic E-state index is 11.8. The lowest BCUT2D eigenvalue weighted by atomic mass is 9.99. The molecule has 0 bridgehead atoms. The summed E-state index contributed by atoms with van der Waals surface area (Å²) in [6.45, 7) is 2.20. The predicted octanol–water partition coefficient (Wildman–Crippen LogP) is 0.988. The van der Waals surface area contributed by atoms with Gasteiger partial charge in [0.2, 0.25) is 0 Å². The number of rotatable bonds is 4. The van der Waals surface area contributed by atoms with Crippen molar-refractivity contribution in [2.24, 2.45) is 11.7 Å². The van der Waals surface area contributed by atoms with E-state index < -0.39 is 0 Å². The first-order chi connectivity index (χ1) is 7.11. The van der Waals surface area contributed by atoms with Gasteiger partial charge in [0.15, 0.2) is 11.7 Å². The van der Waals surface area contributed by atoms with Gasteiger partial charge in [-0.3, -0.25) is 10.2 Å². The van der Waals surface area contributed by atoms with E-state index in [4.69, 9.17) is 11.1 Å². The van der Waals surface area contributed by atoms with Crippen LogP contribution >= 0.6 is 0 Å². The number of carbonyl (C=O) groups is 1. The van der Waals surface area contributed by atoms with Crippen molar-refractivity contribution in [1.29, 1.82) is 5.41 Å². The van der Waals surface area contributed by atoms with E-state index >= 15 is 0 Å². The van der Waals surface area contributed by atoms with E-state index in [0.29, 0.717) is 12.1 Å². The number of hydrogen-bond acceptors (Lipinski definition) is 2. The molecule has 80 valence electrons. The monoisotopic (exact) mass is 205 g/mol. The Morgan fingerprint density at radius 2 is 2.07 bits per heavy atom. The zero-order valence-corrected chi connectivity index (χ0v) is 8.66. The summed E-state index contributed by atoms with van der Waals surface area (Å²) in [6, 6.07) is 9.10. The molecule has 0 aromatic heterocycles.